The van der Waals surface area contributed by atoms with Crippen molar-refractivity contribution in [1.29, 1.82) is 0 Å². The van der Waals surface area contributed by atoms with Crippen LogP contribution in [0, 0.1) is 11.7 Å². The van der Waals surface area contributed by atoms with Crippen LogP contribution in [0.15, 0.2) is 55.1 Å². The molecule has 1 saturated carbocycles. The molecule has 9 nitrogen and oxygen atoms in total. The maximum atomic E-state index is 14.7. The van der Waals surface area contributed by atoms with Crippen molar-refractivity contribution in [3.05, 3.63) is 60.9 Å². The molecule has 3 N–H and O–H groups in total. The molecule has 0 unspecified atom stereocenters. The molecule has 6 rings (SSSR count). The number of hydrogen-bond donors (Lipinski definition) is 2. The molecule has 0 spiro atoms. The van der Waals surface area contributed by atoms with E-state index in [0.29, 0.717) is 30.5 Å². The molecular formula is C29H32ClF3N8O. The minimum atomic E-state index is -2.56. The number of alkyl halides is 2. The topological polar surface area (TPSA) is 107 Å². The van der Waals surface area contributed by atoms with Gasteiger partial charge in [-0.2, -0.15) is 5.10 Å². The van der Waals surface area contributed by atoms with Crippen LogP contribution in [0.4, 0.5) is 30.5 Å². The van der Waals surface area contributed by atoms with Gasteiger partial charge in [0, 0.05) is 80.0 Å². The number of rotatable bonds is 8. The molecule has 0 radical (unpaired) electrons. The highest BCUT2D eigenvalue weighted by atomic mass is 35.5. The number of nitrogens with one attached hydrogen (secondary N) is 1. The molecule has 222 valence electrons. The predicted octanol–water partition coefficient (Wildman–Crippen LogP) is 5.69. The zero-order valence-electron chi connectivity index (χ0n) is 23.0. The van der Waals surface area contributed by atoms with Gasteiger partial charge in [-0.3, -0.25) is 4.68 Å². The Hall–Kier alpha value is -3.90. The van der Waals surface area contributed by atoms with Gasteiger partial charge in [0.2, 0.25) is 5.92 Å². The van der Waals surface area contributed by atoms with Crippen molar-refractivity contribution in [2.45, 2.75) is 44.2 Å². The van der Waals surface area contributed by atoms with Gasteiger partial charge in [-0.15, -0.1) is 12.4 Å². The number of halogens is 4. The Labute approximate surface area is 247 Å². The van der Waals surface area contributed by atoms with Gasteiger partial charge in [-0.25, -0.2) is 28.1 Å². The van der Waals surface area contributed by atoms with Crippen LogP contribution in [-0.4, -0.2) is 56.9 Å². The highest BCUT2D eigenvalue weighted by Crippen LogP contribution is 2.43. The molecule has 1 aliphatic carbocycles. The first-order chi connectivity index (χ1) is 19.8. The van der Waals surface area contributed by atoms with Crippen molar-refractivity contribution in [2.24, 2.45) is 11.7 Å². The van der Waals surface area contributed by atoms with Gasteiger partial charge >= 0.3 is 0 Å². The second-order valence-electron chi connectivity index (χ2n) is 10.7. The van der Waals surface area contributed by atoms with Crippen LogP contribution in [0.2, 0.25) is 0 Å². The van der Waals surface area contributed by atoms with Crippen LogP contribution in [-0.2, 0) is 6.54 Å². The third-order valence-electron chi connectivity index (χ3n) is 7.58. The van der Waals surface area contributed by atoms with E-state index in [4.69, 9.17) is 10.5 Å². The van der Waals surface area contributed by atoms with E-state index in [1.54, 1.807) is 41.5 Å². The standard InChI is InChI=1S/C29H31F3N8O.ClH/c1-41-24-6-2-5-22(30)27(24)28-34-8-7-25(38-28)37-26-10-23(39-9-3-4-20(33)17-39)21(14-35-26)19-13-36-40(16-19)15-18-11-29(31,32)12-18;/h2,5-8,10,13-14,16,18,20H,3-4,9,11-12,15,17,33H2,1H3,(H,34,35,37,38);1H/t20-;/m0./s1. The fraction of sp³-hybridized carbons (Fsp3) is 0.379. The molecule has 4 heterocycles. The van der Waals surface area contributed by atoms with Gasteiger partial charge in [0.25, 0.3) is 0 Å². The summed E-state index contributed by atoms with van der Waals surface area (Å²) in [6.07, 6.45) is 8.64. The average Bonchev–Trinajstić information content (AvgIpc) is 3.40. The molecule has 2 fully saturated rings. The predicted molar refractivity (Wildman–Crippen MR) is 157 cm³/mol. The number of pyridine rings is 1. The van der Waals surface area contributed by atoms with Gasteiger partial charge in [0.1, 0.15) is 23.2 Å². The fourth-order valence-corrected chi connectivity index (χ4v) is 5.58. The summed E-state index contributed by atoms with van der Waals surface area (Å²) >= 11 is 0. The number of piperidine rings is 1. The summed E-state index contributed by atoms with van der Waals surface area (Å²) in [6.45, 7) is 1.97. The molecule has 0 amide bonds. The zero-order valence-corrected chi connectivity index (χ0v) is 23.8. The Balaban J connectivity index is 0.00000353. The first-order valence-corrected chi connectivity index (χ1v) is 13.6. The Morgan fingerprint density at radius 1 is 1.14 bits per heavy atom. The van der Waals surface area contributed by atoms with Crippen molar-refractivity contribution in [3.63, 3.8) is 0 Å². The molecular weight excluding hydrogens is 569 g/mol. The third-order valence-corrected chi connectivity index (χ3v) is 7.58. The Morgan fingerprint density at radius 2 is 1.98 bits per heavy atom. The lowest BCUT2D eigenvalue weighted by molar-refractivity contribution is -0.114. The number of aromatic nitrogens is 5. The van der Waals surface area contributed by atoms with E-state index < -0.39 is 11.7 Å². The molecule has 1 atom stereocenters. The van der Waals surface area contributed by atoms with Crippen LogP contribution >= 0.6 is 12.4 Å². The summed E-state index contributed by atoms with van der Waals surface area (Å²) < 4.78 is 48.3. The Kier molecular flexibility index (Phi) is 8.55. The smallest absolute Gasteiger partial charge is 0.248 e. The largest absolute Gasteiger partial charge is 0.496 e. The molecule has 2 aliphatic rings. The van der Waals surface area contributed by atoms with E-state index >= 15 is 0 Å². The molecule has 13 heteroatoms. The first kappa shape index (κ1) is 29.6. The summed E-state index contributed by atoms with van der Waals surface area (Å²) in [5.74, 6) is -1.63. The number of nitrogens with two attached hydrogens (primary N) is 1. The van der Waals surface area contributed by atoms with E-state index in [0.717, 1.165) is 36.2 Å². The molecule has 42 heavy (non-hydrogen) atoms. The van der Waals surface area contributed by atoms with Crippen molar-refractivity contribution >= 4 is 29.7 Å². The lowest BCUT2D eigenvalue weighted by Gasteiger charge is -2.34. The number of hydrogen-bond acceptors (Lipinski definition) is 8. The quantitative estimate of drug-likeness (QED) is 0.266. The lowest BCUT2D eigenvalue weighted by Crippen LogP contribution is -2.43. The average molecular weight is 601 g/mol. The number of nitrogens with zero attached hydrogens (tertiary/aromatic N) is 6. The minimum absolute atomic E-state index is 0. The van der Waals surface area contributed by atoms with Crippen LogP contribution in [0.3, 0.4) is 0 Å². The van der Waals surface area contributed by atoms with Gasteiger partial charge < -0.3 is 20.7 Å². The molecule has 0 bridgehead atoms. The van der Waals surface area contributed by atoms with E-state index in [9.17, 15) is 13.2 Å². The van der Waals surface area contributed by atoms with E-state index in [2.05, 4.69) is 30.3 Å². The van der Waals surface area contributed by atoms with E-state index in [1.165, 1.54) is 13.2 Å². The first-order valence-electron chi connectivity index (χ1n) is 13.6. The maximum Gasteiger partial charge on any atom is 0.248 e. The van der Waals surface area contributed by atoms with Crippen LogP contribution < -0.4 is 20.7 Å². The SMILES string of the molecule is COc1cccc(F)c1-c1nccc(Nc2cc(N3CCC[C@H](N)C3)c(-c3cnn(CC4CC(F)(F)C4)c3)cn2)n1.Cl. The van der Waals surface area contributed by atoms with E-state index in [-0.39, 0.29) is 48.6 Å². The Morgan fingerprint density at radius 3 is 2.74 bits per heavy atom. The van der Waals surface area contributed by atoms with Gasteiger partial charge in [0.05, 0.1) is 18.9 Å². The summed E-state index contributed by atoms with van der Waals surface area (Å²) in [5, 5.41) is 7.66. The second kappa shape index (κ2) is 12.1. The maximum absolute atomic E-state index is 14.7. The van der Waals surface area contributed by atoms with Crippen molar-refractivity contribution in [2.75, 3.05) is 30.4 Å². The normalized spacial score (nSPS) is 18.2. The van der Waals surface area contributed by atoms with E-state index in [1.807, 2.05) is 12.3 Å². The van der Waals surface area contributed by atoms with Crippen molar-refractivity contribution in [1.82, 2.24) is 24.7 Å². The monoisotopic (exact) mass is 600 g/mol. The second-order valence-corrected chi connectivity index (χ2v) is 10.7. The van der Waals surface area contributed by atoms with Crippen molar-refractivity contribution < 1.29 is 17.9 Å². The fourth-order valence-electron chi connectivity index (χ4n) is 5.58. The number of methoxy groups -OCH3 is 1. The minimum Gasteiger partial charge on any atom is -0.496 e. The molecule has 1 aromatic carbocycles. The summed E-state index contributed by atoms with van der Waals surface area (Å²) in [5.41, 5.74) is 9.13. The van der Waals surface area contributed by atoms with Crippen molar-refractivity contribution in [3.8, 4) is 28.3 Å². The van der Waals surface area contributed by atoms with Crippen LogP contribution in [0.25, 0.3) is 22.5 Å². The van der Waals surface area contributed by atoms with Gasteiger partial charge in [0.15, 0.2) is 5.82 Å². The highest BCUT2D eigenvalue weighted by molar-refractivity contribution is 5.85. The van der Waals surface area contributed by atoms with Crippen LogP contribution in [0.1, 0.15) is 25.7 Å². The number of ether oxygens (including phenoxy) is 1. The summed E-state index contributed by atoms with van der Waals surface area (Å²) in [7, 11) is 1.47. The molecule has 1 saturated heterocycles. The summed E-state index contributed by atoms with van der Waals surface area (Å²) in [4.78, 5) is 15.6. The third kappa shape index (κ3) is 6.29. The molecule has 3 aromatic heterocycles. The highest BCUT2D eigenvalue weighted by Gasteiger charge is 2.45. The lowest BCUT2D eigenvalue weighted by atomic mass is 9.81. The van der Waals surface area contributed by atoms with Gasteiger partial charge in [-0.05, 0) is 37.0 Å². The number of anilines is 3. The van der Waals surface area contributed by atoms with Gasteiger partial charge in [-0.1, -0.05) is 6.07 Å². The number of benzene rings is 1. The molecule has 4 aromatic rings. The van der Waals surface area contributed by atoms with Crippen LogP contribution in [0.5, 0.6) is 5.75 Å². The zero-order chi connectivity index (χ0) is 28.6. The summed E-state index contributed by atoms with van der Waals surface area (Å²) in [6, 6.07) is 8.21. The molecule has 1 aliphatic heterocycles. The Bertz CT molecular complexity index is 1540.